The minimum absolute atomic E-state index is 0.0179. The summed E-state index contributed by atoms with van der Waals surface area (Å²) in [6.07, 6.45) is 10.9. The third kappa shape index (κ3) is 8.77. The quantitative estimate of drug-likeness (QED) is 0.120. The monoisotopic (exact) mass is 1030 g/mol. The predicted octanol–water partition coefficient (Wildman–Crippen LogP) is 8.59. The first-order chi connectivity index (χ1) is 36.2. The van der Waals surface area contributed by atoms with E-state index in [1.54, 1.807) is 18.3 Å². The van der Waals surface area contributed by atoms with E-state index in [0.29, 0.717) is 109 Å². The largest absolute Gasteiger partial charge is 0.508 e. The van der Waals surface area contributed by atoms with Gasteiger partial charge in [-0.15, -0.1) is 0 Å². The van der Waals surface area contributed by atoms with Crippen molar-refractivity contribution in [2.75, 3.05) is 88.5 Å². The Morgan fingerprint density at radius 1 is 0.907 bits per heavy atom. The summed E-state index contributed by atoms with van der Waals surface area (Å²) in [7, 11) is 0. The molecule has 75 heavy (non-hydrogen) atoms. The number of likely N-dealkylation sites (tertiary alicyclic amines) is 1. The number of nitrogens with one attached hydrogen (secondary N) is 1. The minimum Gasteiger partial charge on any atom is -0.508 e. The van der Waals surface area contributed by atoms with Crippen molar-refractivity contribution in [3.05, 3.63) is 88.7 Å². The first-order valence-electron chi connectivity index (χ1n) is 27.0. The molecule has 2 aliphatic carbocycles. The Morgan fingerprint density at radius 2 is 1.69 bits per heavy atom. The molecular formula is C57H64F3N9O6. The van der Waals surface area contributed by atoms with Crippen molar-refractivity contribution in [1.29, 1.82) is 0 Å². The topological polar surface area (TPSA) is 155 Å². The number of carbonyl (C=O) groups excluding carboxylic acids is 1. The van der Waals surface area contributed by atoms with Crippen LogP contribution in [0.15, 0.2) is 70.1 Å². The lowest BCUT2D eigenvalue weighted by atomic mass is 9.55. The summed E-state index contributed by atoms with van der Waals surface area (Å²) in [5.41, 5.74) is 1.79. The number of aromatic hydroxyl groups is 1. The third-order valence-electron chi connectivity index (χ3n) is 18.0. The number of nitrogens with zero attached hydrogens (tertiary/aromatic N) is 8. The number of pyridine rings is 1. The molecule has 18 heteroatoms. The lowest BCUT2D eigenvalue weighted by Crippen LogP contribution is -2.60. The van der Waals surface area contributed by atoms with Crippen LogP contribution in [0.2, 0.25) is 0 Å². The Hall–Kier alpha value is -6.24. The van der Waals surface area contributed by atoms with E-state index in [4.69, 9.17) is 23.9 Å². The van der Waals surface area contributed by atoms with E-state index < -0.39 is 29.1 Å². The van der Waals surface area contributed by atoms with E-state index in [1.165, 1.54) is 16.7 Å². The number of oxazole rings is 1. The summed E-state index contributed by atoms with van der Waals surface area (Å²) in [6.45, 7) is 14.1. The number of anilines is 2. The third-order valence-corrected chi connectivity index (χ3v) is 18.0. The smallest absolute Gasteiger partial charge is 0.420 e. The number of piperidine rings is 3. The molecule has 6 aromatic rings. The van der Waals surface area contributed by atoms with Crippen LogP contribution in [0, 0.1) is 22.5 Å². The van der Waals surface area contributed by atoms with E-state index in [-0.39, 0.29) is 50.9 Å². The summed E-state index contributed by atoms with van der Waals surface area (Å²) in [5, 5.41) is 15.1. The highest BCUT2D eigenvalue weighted by Crippen LogP contribution is 2.58. The van der Waals surface area contributed by atoms with Gasteiger partial charge in [0.15, 0.2) is 11.4 Å². The van der Waals surface area contributed by atoms with E-state index in [0.717, 1.165) is 96.4 Å². The summed E-state index contributed by atoms with van der Waals surface area (Å²) in [6, 6.07) is 11.1. The molecule has 3 aromatic heterocycles. The number of fused-ring (bicyclic) bond motifs is 3. The molecule has 5 saturated heterocycles. The molecule has 2 N–H and O–H groups in total. The van der Waals surface area contributed by atoms with Gasteiger partial charge in [0.05, 0.1) is 29.7 Å². The maximum atomic E-state index is 17.3. The van der Waals surface area contributed by atoms with Crippen LogP contribution in [-0.4, -0.2) is 130 Å². The number of halogens is 3. The van der Waals surface area contributed by atoms with Gasteiger partial charge in [-0.05, 0) is 136 Å². The van der Waals surface area contributed by atoms with Gasteiger partial charge in [-0.1, -0.05) is 19.6 Å². The molecule has 7 fully saturated rings. The van der Waals surface area contributed by atoms with Crippen LogP contribution in [0.3, 0.4) is 0 Å². The molecule has 0 radical (unpaired) electrons. The van der Waals surface area contributed by atoms with Crippen LogP contribution in [0.4, 0.5) is 24.7 Å². The maximum absolute atomic E-state index is 17.3. The number of rotatable bonds is 12. The van der Waals surface area contributed by atoms with Gasteiger partial charge < -0.3 is 39.0 Å². The van der Waals surface area contributed by atoms with Gasteiger partial charge in [0.2, 0.25) is 5.91 Å². The van der Waals surface area contributed by atoms with Gasteiger partial charge in [0.25, 0.3) is 0 Å². The summed E-state index contributed by atoms with van der Waals surface area (Å²) < 4.78 is 68.7. The van der Waals surface area contributed by atoms with Crippen molar-refractivity contribution in [2.45, 2.75) is 101 Å². The molecule has 394 valence electrons. The second-order valence-electron chi connectivity index (χ2n) is 23.2. The molecule has 1 amide bonds. The Kier molecular flexibility index (Phi) is 11.8. The number of hydrogen-bond donors (Lipinski definition) is 2. The zero-order valence-electron chi connectivity index (χ0n) is 42.6. The maximum Gasteiger partial charge on any atom is 0.420 e. The number of allylic oxidation sites excluding steroid dienone is 1. The van der Waals surface area contributed by atoms with E-state index >= 15 is 13.2 Å². The number of aromatic nitrogens is 4. The van der Waals surface area contributed by atoms with Crippen LogP contribution in [0.5, 0.6) is 11.8 Å². The zero-order valence-corrected chi connectivity index (χ0v) is 42.6. The van der Waals surface area contributed by atoms with Crippen molar-refractivity contribution in [1.82, 2.24) is 34.6 Å². The van der Waals surface area contributed by atoms with Crippen molar-refractivity contribution in [3.63, 3.8) is 0 Å². The first kappa shape index (κ1) is 48.4. The lowest BCUT2D eigenvalue weighted by Gasteiger charge is -2.57. The number of benzene rings is 3. The Morgan fingerprint density at radius 3 is 2.43 bits per heavy atom. The molecule has 5 aliphatic heterocycles. The molecule has 2 atom stereocenters. The highest BCUT2D eigenvalue weighted by molar-refractivity contribution is 6.02. The average molecular weight is 1030 g/mol. The van der Waals surface area contributed by atoms with Gasteiger partial charge in [0, 0.05) is 93.4 Å². The SMILES string of the molecule is C=C1CCC(n2c(=O)oc3cc(N4CCN(CC5(F)CC6(CCN(CC7(COc8nc(N9CCC[C@]%10(CCO%10)C9)c9cnc(-c%10cc(O)cc%11ccc(F)c(CC)c%10%11)c(F)c9n8)CC7)CC6)C5)CC4)ccc32)C(=O)N1. The number of phenols is 1. The minimum atomic E-state index is -1.21. The average Bonchev–Trinajstić information content (AvgIpc) is 4.08. The number of hydrogen-bond acceptors (Lipinski definition) is 13. The second kappa shape index (κ2) is 18.2. The predicted molar refractivity (Wildman–Crippen MR) is 279 cm³/mol. The van der Waals surface area contributed by atoms with Gasteiger partial charge in [0.1, 0.15) is 40.3 Å². The Labute approximate surface area is 432 Å². The molecule has 13 rings (SSSR count). The number of carbonyl (C=O) groups is 1. The van der Waals surface area contributed by atoms with Crippen molar-refractivity contribution >= 4 is 50.2 Å². The molecule has 1 unspecified atom stereocenters. The number of piperazine rings is 1. The van der Waals surface area contributed by atoms with Crippen LogP contribution >= 0.6 is 0 Å². The molecule has 7 aliphatic rings. The van der Waals surface area contributed by atoms with Gasteiger partial charge in [-0.3, -0.25) is 19.2 Å². The Balaban J connectivity index is 0.645. The van der Waals surface area contributed by atoms with Crippen molar-refractivity contribution in [3.8, 4) is 23.0 Å². The van der Waals surface area contributed by atoms with Crippen LogP contribution in [0.1, 0.15) is 89.2 Å². The van der Waals surface area contributed by atoms with Crippen LogP contribution in [0.25, 0.3) is 44.0 Å². The van der Waals surface area contributed by atoms with E-state index in [2.05, 4.69) is 36.5 Å². The molecule has 2 spiro atoms. The highest BCUT2D eigenvalue weighted by Gasteiger charge is 2.57. The zero-order chi connectivity index (χ0) is 51.4. The molecular weight excluding hydrogens is 964 g/mol. The van der Waals surface area contributed by atoms with Gasteiger partial charge in [-0.2, -0.15) is 9.97 Å². The summed E-state index contributed by atoms with van der Waals surface area (Å²) in [5.74, 6) is -1.44. The normalized spacial score (nSPS) is 24.5. The Bertz CT molecular complexity index is 3330. The standard InChI is InChI=1S/C57H64F3N9O6/c1-3-39-42(58)8-6-36-25-38(70)27-40(46(36)39)48-47(59)49-41(28-61-48)50(68-17-4-11-57(33-68)16-24-74-57)64-52(63-49)73-34-55(12-13-55)31-65-18-14-54(15-19-65)29-56(60,30-54)32-66-20-22-67(23-21-66)37-7-10-43-45(26-37)75-53(72)69(43)44-9-5-35(2)62-51(44)71/h6-8,10,25-28,44,70H,2-5,9,11-24,29-34H2,1H3,(H,62,71)/t44?,57-/m0/s1. The fraction of sp³-hybridized carbons (Fsp3) is 0.526. The molecule has 0 bridgehead atoms. The number of ether oxygens (including phenoxy) is 2. The molecule has 8 heterocycles. The number of alkyl halides is 1. The van der Waals surface area contributed by atoms with Crippen molar-refractivity contribution in [2.24, 2.45) is 10.8 Å². The van der Waals surface area contributed by atoms with E-state index in [9.17, 15) is 14.7 Å². The number of aryl methyl sites for hydroxylation is 1. The van der Waals surface area contributed by atoms with Crippen LogP contribution in [-0.2, 0) is 16.0 Å². The first-order valence-corrected chi connectivity index (χ1v) is 27.0. The molecule has 15 nitrogen and oxygen atoms in total. The lowest BCUT2D eigenvalue weighted by molar-refractivity contribution is -0.151. The van der Waals surface area contributed by atoms with Gasteiger partial charge in [-0.25, -0.2) is 18.0 Å². The molecule has 3 aromatic carbocycles. The summed E-state index contributed by atoms with van der Waals surface area (Å²) in [4.78, 5) is 49.1. The fourth-order valence-electron chi connectivity index (χ4n) is 13.8. The van der Waals surface area contributed by atoms with Crippen molar-refractivity contribution < 1.29 is 37.0 Å². The highest BCUT2D eigenvalue weighted by atomic mass is 19.1. The number of phenolic OH excluding ortho intramolecular Hbond substituents is 1. The molecule has 2 saturated carbocycles. The fourth-order valence-corrected chi connectivity index (χ4v) is 13.8. The second-order valence-corrected chi connectivity index (χ2v) is 23.2. The number of amides is 1. The van der Waals surface area contributed by atoms with E-state index in [1.807, 2.05) is 25.1 Å². The van der Waals surface area contributed by atoms with Crippen LogP contribution < -0.4 is 25.6 Å². The van der Waals surface area contributed by atoms with Gasteiger partial charge >= 0.3 is 11.8 Å². The summed E-state index contributed by atoms with van der Waals surface area (Å²) >= 11 is 0.